The Bertz CT molecular complexity index is 85.2. The molecule has 0 saturated heterocycles. The van der Waals surface area contributed by atoms with Gasteiger partial charge in [0.25, 0.3) is 0 Å². The summed E-state index contributed by atoms with van der Waals surface area (Å²) in [7, 11) is 15.3. The molecule has 0 rings (SSSR count). The second-order valence-corrected chi connectivity index (χ2v) is 20.6. The zero-order chi connectivity index (χ0) is 5.45. The summed E-state index contributed by atoms with van der Waals surface area (Å²) in [5.41, 5.74) is 0. The molecule has 0 unspecified atom stereocenters. The van der Waals surface area contributed by atoms with E-state index in [4.69, 9.17) is 41.1 Å². The zero-order valence-electron chi connectivity index (χ0n) is 2.51. The molecule has 1 N–H and O–H groups in total. The van der Waals surface area contributed by atoms with E-state index in [0.29, 0.717) is 0 Å². The van der Waals surface area contributed by atoms with Gasteiger partial charge in [-0.2, -0.15) is 0 Å². The average Bonchev–Trinajstić information content (AvgIpc) is 0.650. The fourth-order valence-electron chi connectivity index (χ4n) is 0. The number of hydrogen-bond donors (Lipinski definition) is 1. The molecular weight excluding hydrogens is 204 g/mol. The molecule has 0 aliphatic carbocycles. The van der Waals surface area contributed by atoms with Gasteiger partial charge in [0.2, 0.25) is 0 Å². The molecule has 0 amide bonds. The van der Waals surface area contributed by atoms with Crippen molar-refractivity contribution in [3.8, 4) is 0 Å². The summed E-state index contributed by atoms with van der Waals surface area (Å²) in [4.78, 5) is 0. The SMILES string of the molecule is [NH]=[Ti]([Cl])([Cl])([Cl])[Cl]. The Labute approximate surface area is 51.6 Å². The Kier molecular flexibility index (Phi) is 2.02. The standard InChI is InChI=1S/4ClH.HN.Ti/h5*1H;/q;;;;;+4/p-4. The van der Waals surface area contributed by atoms with Crippen molar-refractivity contribution < 1.29 is 10.9 Å². The van der Waals surface area contributed by atoms with Gasteiger partial charge in [0, 0.05) is 0 Å². The molecule has 0 aromatic heterocycles. The predicted molar refractivity (Wildman–Crippen MR) is 26.1 cm³/mol. The second-order valence-electron chi connectivity index (χ2n) is 0.807. The molecular formula is HCl4NTi. The average molecular weight is 205 g/mol. The first-order valence-corrected chi connectivity index (χ1v) is 10.4. The molecule has 0 spiro atoms. The third kappa shape index (κ3) is 44.2. The first-order chi connectivity index (χ1) is 2.24. The Morgan fingerprint density at radius 1 is 1.00 bits per heavy atom. The normalized spacial score (nSPS) is 14.8. The van der Waals surface area contributed by atoms with Crippen LogP contribution >= 0.6 is 37.2 Å². The maximum absolute atomic E-state index is 6.55. The summed E-state index contributed by atoms with van der Waals surface area (Å²) in [6.45, 7) is 0. The van der Waals surface area contributed by atoms with E-state index in [0.717, 1.165) is 0 Å². The number of nitrogens with one attached hydrogen (secondary N) is 1. The fraction of sp³-hybridized carbons (Fsp3) is 0. The van der Waals surface area contributed by atoms with Gasteiger partial charge in [0.15, 0.2) is 0 Å². The minimum absolute atomic E-state index is 4.46. The van der Waals surface area contributed by atoms with Crippen LogP contribution in [0.1, 0.15) is 0 Å². The Morgan fingerprint density at radius 3 is 1.00 bits per heavy atom. The Hall–Kier alpha value is 1.67. The molecule has 6 heavy (non-hydrogen) atoms. The Balaban J connectivity index is 4.16. The molecule has 0 fully saturated rings. The summed E-state index contributed by atoms with van der Waals surface area (Å²) in [5.74, 6) is 0. The molecule has 1 nitrogen and oxygen atoms in total. The van der Waals surface area contributed by atoms with Gasteiger partial charge in [-0.15, -0.1) is 0 Å². The molecule has 6 heteroatoms. The predicted octanol–water partition coefficient (Wildman–Crippen LogP) is 3.05. The van der Waals surface area contributed by atoms with Gasteiger partial charge in [-0.1, -0.05) is 0 Å². The summed E-state index contributed by atoms with van der Waals surface area (Å²) >= 11 is 0. The van der Waals surface area contributed by atoms with Crippen molar-refractivity contribution in [2.24, 2.45) is 0 Å². The van der Waals surface area contributed by atoms with Crippen molar-refractivity contribution in [2.45, 2.75) is 0 Å². The van der Waals surface area contributed by atoms with E-state index in [-0.39, 0.29) is 0 Å². The van der Waals surface area contributed by atoms with Crippen LogP contribution in [0.25, 0.3) is 0 Å². The van der Waals surface area contributed by atoms with E-state index >= 15 is 0 Å². The van der Waals surface area contributed by atoms with Crippen molar-refractivity contribution in [3.05, 3.63) is 0 Å². The van der Waals surface area contributed by atoms with Crippen LogP contribution < -0.4 is 0 Å². The summed E-state index contributed by atoms with van der Waals surface area (Å²) in [5, 5.41) is 0. The van der Waals surface area contributed by atoms with Gasteiger partial charge in [0.1, 0.15) is 0 Å². The van der Waals surface area contributed by atoms with Crippen LogP contribution in [0.5, 0.6) is 0 Å². The van der Waals surface area contributed by atoms with Crippen LogP contribution in [0.2, 0.25) is 0 Å². The van der Waals surface area contributed by atoms with Crippen LogP contribution in [-0.2, 0) is 10.9 Å². The summed E-state index contributed by atoms with van der Waals surface area (Å²) in [6.07, 6.45) is 0. The van der Waals surface area contributed by atoms with E-state index in [1.165, 1.54) is 0 Å². The molecule has 0 aliphatic heterocycles. The number of hydrogen-bond acceptors (Lipinski definition) is 1. The molecule has 0 radical (unpaired) electrons. The molecule has 0 heterocycles. The van der Waals surface area contributed by atoms with Gasteiger partial charge < -0.3 is 0 Å². The van der Waals surface area contributed by atoms with Crippen LogP contribution in [0.4, 0.5) is 0 Å². The van der Waals surface area contributed by atoms with E-state index in [1.54, 1.807) is 0 Å². The van der Waals surface area contributed by atoms with E-state index in [9.17, 15) is 0 Å². The maximum atomic E-state index is 6.55. The van der Waals surface area contributed by atoms with Crippen molar-refractivity contribution in [1.29, 1.82) is 3.83 Å². The number of halogens is 4. The molecule has 0 bridgehead atoms. The molecule has 0 aliphatic rings. The molecule has 0 saturated carbocycles. The first-order valence-electron chi connectivity index (χ1n) is 1.01. The van der Waals surface area contributed by atoms with Gasteiger partial charge >= 0.3 is 51.9 Å². The fourth-order valence-corrected chi connectivity index (χ4v) is 0. The van der Waals surface area contributed by atoms with Gasteiger partial charge in [-0.3, -0.25) is 0 Å². The monoisotopic (exact) mass is 203 g/mol. The quantitative estimate of drug-likeness (QED) is 0.587. The Morgan fingerprint density at radius 2 is 1.00 bits per heavy atom. The topological polar surface area (TPSA) is 23.9 Å². The minimum atomic E-state index is -4.46. The van der Waals surface area contributed by atoms with Crippen molar-refractivity contribution in [3.63, 3.8) is 0 Å². The van der Waals surface area contributed by atoms with Crippen molar-refractivity contribution in [1.82, 2.24) is 0 Å². The third-order valence-corrected chi connectivity index (χ3v) is 0. The number of rotatable bonds is 0. The summed E-state index contributed by atoms with van der Waals surface area (Å²) < 4.78 is 6.55. The summed E-state index contributed by atoms with van der Waals surface area (Å²) in [6, 6.07) is 0. The second kappa shape index (κ2) is 1.58. The van der Waals surface area contributed by atoms with Crippen molar-refractivity contribution >= 4 is 37.2 Å². The van der Waals surface area contributed by atoms with Gasteiger partial charge in [-0.05, 0) is 0 Å². The van der Waals surface area contributed by atoms with E-state index in [1.807, 2.05) is 0 Å². The molecule has 38 valence electrons. The van der Waals surface area contributed by atoms with Crippen LogP contribution in [0, 0.1) is 3.83 Å². The van der Waals surface area contributed by atoms with Gasteiger partial charge in [-0.25, -0.2) is 0 Å². The van der Waals surface area contributed by atoms with E-state index < -0.39 is 10.9 Å². The van der Waals surface area contributed by atoms with Crippen LogP contribution in [0.3, 0.4) is 0 Å². The third-order valence-electron chi connectivity index (χ3n) is 0. The van der Waals surface area contributed by atoms with Crippen molar-refractivity contribution in [2.75, 3.05) is 0 Å². The zero-order valence-corrected chi connectivity index (χ0v) is 7.10. The van der Waals surface area contributed by atoms with Gasteiger partial charge in [0.05, 0.1) is 0 Å². The molecule has 0 aromatic rings. The van der Waals surface area contributed by atoms with Crippen LogP contribution in [0.15, 0.2) is 0 Å². The molecule has 0 aromatic carbocycles. The first kappa shape index (κ1) is 7.67. The van der Waals surface area contributed by atoms with Crippen LogP contribution in [-0.4, -0.2) is 0 Å². The van der Waals surface area contributed by atoms with E-state index in [2.05, 4.69) is 0 Å². The molecule has 0 atom stereocenters.